The summed E-state index contributed by atoms with van der Waals surface area (Å²) in [5, 5.41) is 3.57. The summed E-state index contributed by atoms with van der Waals surface area (Å²) in [6.45, 7) is 5.85. The van der Waals surface area contributed by atoms with E-state index in [0.717, 1.165) is 41.1 Å². The number of rotatable bonds is 9. The van der Waals surface area contributed by atoms with Crippen LogP contribution in [0.1, 0.15) is 44.2 Å². The Labute approximate surface area is 205 Å². The molecule has 1 saturated heterocycles. The van der Waals surface area contributed by atoms with E-state index < -0.39 is 0 Å². The molecule has 2 aromatic rings. The quantitative estimate of drug-likeness (QED) is 0.408. The third-order valence-corrected chi connectivity index (χ3v) is 6.32. The van der Waals surface area contributed by atoms with Gasteiger partial charge >= 0.3 is 0 Å². The zero-order chi connectivity index (χ0) is 24.1. The van der Waals surface area contributed by atoms with Crippen molar-refractivity contribution in [1.29, 1.82) is 0 Å². The Hall–Kier alpha value is -2.65. The van der Waals surface area contributed by atoms with Gasteiger partial charge in [-0.1, -0.05) is 23.7 Å². The van der Waals surface area contributed by atoms with Gasteiger partial charge in [-0.2, -0.15) is 0 Å². The molecule has 0 radical (unpaired) electrons. The molecule has 2 aromatic carbocycles. The predicted molar refractivity (Wildman–Crippen MR) is 136 cm³/mol. The molecule has 3 unspecified atom stereocenters. The van der Waals surface area contributed by atoms with Crippen molar-refractivity contribution >= 4 is 28.9 Å². The van der Waals surface area contributed by atoms with Crippen LogP contribution in [-0.2, 0) is 4.79 Å². The fraction of sp³-hybridized carbons (Fsp3) is 0.440. The first-order valence-corrected chi connectivity index (χ1v) is 12.3. The number of benzene rings is 2. The molecule has 34 heavy (non-hydrogen) atoms. The number of unbranched alkanes of at least 4 members (excludes halogenated alkanes) is 1. The lowest BCUT2D eigenvalue weighted by atomic mass is 9.99. The van der Waals surface area contributed by atoms with E-state index >= 15 is 0 Å². The second-order valence-electron chi connectivity index (χ2n) is 8.55. The van der Waals surface area contributed by atoms with Gasteiger partial charge in [0.1, 0.15) is 11.9 Å². The van der Waals surface area contributed by atoms with Gasteiger partial charge < -0.3 is 20.7 Å². The van der Waals surface area contributed by atoms with E-state index in [1.54, 1.807) is 0 Å². The molecule has 5 N–H and O–H groups in total. The molecule has 8 nitrogen and oxygen atoms in total. The maximum atomic E-state index is 12.6. The highest BCUT2D eigenvalue weighted by Gasteiger charge is 2.40. The average molecular weight is 485 g/mol. The SMILES string of the molecule is CCNC(=O)CC1N=C(c2ccc(Cl)cc2)c2cc(OCCCCN)ccc2N2C(C)NNC12. The Morgan fingerprint density at radius 1 is 1.21 bits per heavy atom. The number of aliphatic imine (C=N–C) groups is 1. The molecule has 2 aliphatic heterocycles. The van der Waals surface area contributed by atoms with Crippen LogP contribution in [0.15, 0.2) is 47.5 Å². The topological polar surface area (TPSA) is 104 Å². The Kier molecular flexibility index (Phi) is 8.05. The summed E-state index contributed by atoms with van der Waals surface area (Å²) < 4.78 is 6.03. The normalized spacial score (nSPS) is 21.4. The zero-order valence-corrected chi connectivity index (χ0v) is 20.4. The molecule has 0 bridgehead atoms. The first kappa shape index (κ1) is 24.5. The smallest absolute Gasteiger partial charge is 0.222 e. The predicted octanol–water partition coefficient (Wildman–Crippen LogP) is 2.79. The van der Waals surface area contributed by atoms with E-state index in [1.165, 1.54) is 0 Å². The van der Waals surface area contributed by atoms with Crippen LogP contribution in [0.3, 0.4) is 0 Å². The standard InChI is InChI=1S/C25H33ClN6O2/c1-3-28-23(33)15-21-25-31-30-16(2)32(25)22-11-10-19(34-13-5-4-12-27)14-20(22)24(29-21)17-6-8-18(26)9-7-17/h6-11,14,16,21,25,30-31H,3-5,12-13,15,27H2,1-2H3,(H,28,33). The average Bonchev–Trinajstić information content (AvgIpc) is 3.15. The number of nitrogens with one attached hydrogen (secondary N) is 3. The Balaban J connectivity index is 1.79. The van der Waals surface area contributed by atoms with E-state index in [-0.39, 0.29) is 30.7 Å². The molecule has 182 valence electrons. The molecule has 3 atom stereocenters. The van der Waals surface area contributed by atoms with Crippen LogP contribution in [-0.4, -0.2) is 49.7 Å². The van der Waals surface area contributed by atoms with Crippen LogP contribution in [0, 0.1) is 0 Å². The van der Waals surface area contributed by atoms with Crippen molar-refractivity contribution in [3.05, 3.63) is 58.6 Å². The summed E-state index contributed by atoms with van der Waals surface area (Å²) >= 11 is 6.17. The maximum absolute atomic E-state index is 12.6. The Morgan fingerprint density at radius 2 is 2.00 bits per heavy atom. The van der Waals surface area contributed by atoms with Crippen LogP contribution in [0.2, 0.25) is 5.02 Å². The van der Waals surface area contributed by atoms with Crippen molar-refractivity contribution < 1.29 is 9.53 Å². The minimum Gasteiger partial charge on any atom is -0.494 e. The Bertz CT molecular complexity index is 1030. The van der Waals surface area contributed by atoms with Crippen molar-refractivity contribution in [1.82, 2.24) is 16.2 Å². The molecule has 9 heteroatoms. The molecule has 2 aliphatic rings. The number of halogens is 1. The number of hydrogen-bond acceptors (Lipinski definition) is 7. The van der Waals surface area contributed by atoms with E-state index in [1.807, 2.05) is 43.3 Å². The van der Waals surface area contributed by atoms with Crippen molar-refractivity contribution in [2.45, 2.75) is 51.5 Å². The van der Waals surface area contributed by atoms with Crippen molar-refractivity contribution in [3.8, 4) is 5.75 Å². The molecule has 0 spiro atoms. The lowest BCUT2D eigenvalue weighted by Crippen LogP contribution is -2.47. The van der Waals surface area contributed by atoms with Crippen molar-refractivity contribution in [2.24, 2.45) is 10.7 Å². The molecule has 1 fully saturated rings. The van der Waals surface area contributed by atoms with Crippen LogP contribution in [0.5, 0.6) is 5.75 Å². The number of nitrogens with two attached hydrogens (primary N) is 1. The van der Waals surface area contributed by atoms with Gasteiger partial charge in [-0.25, -0.2) is 10.9 Å². The molecule has 2 heterocycles. The zero-order valence-electron chi connectivity index (χ0n) is 19.7. The fourth-order valence-electron chi connectivity index (χ4n) is 4.44. The van der Waals surface area contributed by atoms with Gasteiger partial charge in [-0.05, 0) is 63.6 Å². The molecular weight excluding hydrogens is 452 g/mol. The summed E-state index contributed by atoms with van der Waals surface area (Å²) in [5.41, 5.74) is 16.0. The van der Waals surface area contributed by atoms with Crippen LogP contribution in [0.25, 0.3) is 0 Å². The summed E-state index contributed by atoms with van der Waals surface area (Å²) in [7, 11) is 0. The minimum atomic E-state index is -0.309. The number of carbonyl (C=O) groups excluding carboxylic acids is 1. The van der Waals surface area contributed by atoms with Gasteiger partial charge in [0.15, 0.2) is 0 Å². The second kappa shape index (κ2) is 11.2. The second-order valence-corrected chi connectivity index (χ2v) is 8.99. The summed E-state index contributed by atoms with van der Waals surface area (Å²) in [6.07, 6.45) is 1.92. The first-order valence-electron chi connectivity index (χ1n) is 11.9. The number of ether oxygens (including phenoxy) is 1. The third kappa shape index (κ3) is 5.36. The number of anilines is 1. The van der Waals surface area contributed by atoms with E-state index in [0.29, 0.717) is 24.7 Å². The Morgan fingerprint density at radius 3 is 2.74 bits per heavy atom. The molecule has 0 aromatic heterocycles. The molecule has 0 aliphatic carbocycles. The summed E-state index contributed by atoms with van der Waals surface area (Å²) in [5.74, 6) is 0.756. The highest BCUT2D eigenvalue weighted by molar-refractivity contribution is 6.30. The highest BCUT2D eigenvalue weighted by atomic mass is 35.5. The highest BCUT2D eigenvalue weighted by Crippen LogP contribution is 2.36. The number of nitrogens with zero attached hydrogens (tertiary/aromatic N) is 2. The number of fused-ring (bicyclic) bond motifs is 3. The molecular formula is C25H33ClN6O2. The lowest BCUT2D eigenvalue weighted by molar-refractivity contribution is -0.121. The van der Waals surface area contributed by atoms with Gasteiger partial charge in [0.2, 0.25) is 5.91 Å². The summed E-state index contributed by atoms with van der Waals surface area (Å²) in [6, 6.07) is 13.5. The van der Waals surface area contributed by atoms with Gasteiger partial charge in [0.25, 0.3) is 0 Å². The van der Waals surface area contributed by atoms with Crippen molar-refractivity contribution in [2.75, 3.05) is 24.6 Å². The van der Waals surface area contributed by atoms with E-state index in [4.69, 9.17) is 27.1 Å². The summed E-state index contributed by atoms with van der Waals surface area (Å²) in [4.78, 5) is 20.0. The molecule has 1 amide bonds. The number of amides is 1. The van der Waals surface area contributed by atoms with Gasteiger partial charge in [0.05, 0.1) is 30.9 Å². The van der Waals surface area contributed by atoms with Gasteiger partial charge in [-0.15, -0.1) is 0 Å². The first-order chi connectivity index (χ1) is 16.5. The number of hydrazine groups is 1. The number of carbonyl (C=O) groups is 1. The van der Waals surface area contributed by atoms with Crippen LogP contribution in [0.4, 0.5) is 5.69 Å². The van der Waals surface area contributed by atoms with Crippen LogP contribution < -0.4 is 31.5 Å². The van der Waals surface area contributed by atoms with Gasteiger partial charge in [0, 0.05) is 28.4 Å². The van der Waals surface area contributed by atoms with E-state index in [2.05, 4.69) is 34.1 Å². The largest absolute Gasteiger partial charge is 0.494 e. The fourth-order valence-corrected chi connectivity index (χ4v) is 4.57. The lowest BCUT2D eigenvalue weighted by Gasteiger charge is -2.31. The number of hydrogen-bond donors (Lipinski definition) is 4. The minimum absolute atomic E-state index is 0.0107. The van der Waals surface area contributed by atoms with Crippen LogP contribution >= 0.6 is 11.6 Å². The molecule has 0 saturated carbocycles. The third-order valence-electron chi connectivity index (χ3n) is 6.07. The monoisotopic (exact) mass is 484 g/mol. The molecule has 4 rings (SSSR count). The van der Waals surface area contributed by atoms with E-state index in [9.17, 15) is 4.79 Å². The maximum Gasteiger partial charge on any atom is 0.222 e. The van der Waals surface area contributed by atoms with Gasteiger partial charge in [-0.3, -0.25) is 9.79 Å². The van der Waals surface area contributed by atoms with Crippen molar-refractivity contribution in [3.63, 3.8) is 0 Å².